The van der Waals surface area contributed by atoms with Crippen LogP contribution in [0, 0.1) is 5.82 Å². The summed E-state index contributed by atoms with van der Waals surface area (Å²) in [6.45, 7) is 2.33. The number of carboxylic acids is 1. The smallest absolute Gasteiger partial charge is 0.333 e. The fourth-order valence-electron chi connectivity index (χ4n) is 1.68. The molecular weight excluding hydrogens is 279 g/mol. The summed E-state index contributed by atoms with van der Waals surface area (Å²) in [7, 11) is 1.43. The SMILES string of the molecule is CC(=O)N(C)CC(=O)NC(C)(C(=O)O)c1ccc(F)cc1. The molecule has 0 aliphatic carbocycles. The van der Waals surface area contributed by atoms with Crippen LogP contribution in [0.1, 0.15) is 19.4 Å². The van der Waals surface area contributed by atoms with Gasteiger partial charge in [0.1, 0.15) is 5.82 Å². The number of likely N-dealkylation sites (N-methyl/N-ethyl adjacent to an activating group) is 1. The quantitative estimate of drug-likeness (QED) is 0.838. The molecule has 0 aliphatic heterocycles. The predicted molar refractivity (Wildman–Crippen MR) is 72.8 cm³/mol. The van der Waals surface area contributed by atoms with Crippen molar-refractivity contribution in [1.29, 1.82) is 0 Å². The van der Waals surface area contributed by atoms with Gasteiger partial charge in [-0.3, -0.25) is 9.59 Å². The highest BCUT2D eigenvalue weighted by Gasteiger charge is 2.37. The van der Waals surface area contributed by atoms with Gasteiger partial charge in [0.25, 0.3) is 0 Å². The number of carbonyl (C=O) groups is 3. The molecule has 0 spiro atoms. The second-order valence-corrected chi connectivity index (χ2v) is 4.86. The van der Waals surface area contributed by atoms with Gasteiger partial charge < -0.3 is 15.3 Å². The summed E-state index contributed by atoms with van der Waals surface area (Å²) in [5.41, 5.74) is -1.47. The Hall–Kier alpha value is -2.44. The van der Waals surface area contributed by atoms with Crippen LogP contribution < -0.4 is 5.32 Å². The molecule has 0 bridgehead atoms. The standard InChI is InChI=1S/C14H17FN2O4/c1-9(18)17(3)8-12(19)16-14(2,13(20)21)10-4-6-11(15)7-5-10/h4-7H,8H2,1-3H3,(H,16,19)(H,20,21). The van der Waals surface area contributed by atoms with Crippen molar-refractivity contribution in [2.24, 2.45) is 0 Å². The van der Waals surface area contributed by atoms with E-state index in [0.29, 0.717) is 0 Å². The number of rotatable bonds is 5. The molecule has 0 aliphatic rings. The Morgan fingerprint density at radius 3 is 2.24 bits per heavy atom. The fraction of sp³-hybridized carbons (Fsp3) is 0.357. The van der Waals surface area contributed by atoms with Crippen LogP contribution in [0.15, 0.2) is 24.3 Å². The molecule has 0 heterocycles. The van der Waals surface area contributed by atoms with Gasteiger partial charge in [0, 0.05) is 14.0 Å². The minimum absolute atomic E-state index is 0.232. The number of carbonyl (C=O) groups excluding carboxylic acids is 2. The molecule has 2 amide bonds. The maximum atomic E-state index is 12.9. The molecule has 0 saturated carbocycles. The molecule has 1 atom stereocenters. The predicted octanol–water partition coefficient (Wildman–Crippen LogP) is 0.720. The van der Waals surface area contributed by atoms with E-state index < -0.39 is 23.2 Å². The van der Waals surface area contributed by atoms with Gasteiger partial charge in [-0.2, -0.15) is 0 Å². The Balaban J connectivity index is 2.96. The van der Waals surface area contributed by atoms with Crippen LogP contribution in [0.25, 0.3) is 0 Å². The number of halogens is 1. The van der Waals surface area contributed by atoms with E-state index >= 15 is 0 Å². The first kappa shape index (κ1) is 16.6. The lowest BCUT2D eigenvalue weighted by atomic mass is 9.92. The molecular formula is C14H17FN2O4. The van der Waals surface area contributed by atoms with Crippen molar-refractivity contribution in [2.45, 2.75) is 19.4 Å². The lowest BCUT2D eigenvalue weighted by Crippen LogP contribution is -2.52. The zero-order valence-corrected chi connectivity index (χ0v) is 12.0. The topological polar surface area (TPSA) is 86.7 Å². The van der Waals surface area contributed by atoms with E-state index in [1.165, 1.54) is 33.0 Å². The summed E-state index contributed by atoms with van der Waals surface area (Å²) in [5.74, 6) is -2.73. The second kappa shape index (κ2) is 6.34. The first-order valence-electron chi connectivity index (χ1n) is 6.19. The second-order valence-electron chi connectivity index (χ2n) is 4.86. The molecule has 21 heavy (non-hydrogen) atoms. The number of carboxylic acid groups (broad SMARTS) is 1. The largest absolute Gasteiger partial charge is 0.479 e. The Bertz CT molecular complexity index is 559. The van der Waals surface area contributed by atoms with Crippen LogP contribution in [-0.4, -0.2) is 41.4 Å². The van der Waals surface area contributed by atoms with Gasteiger partial charge in [0.2, 0.25) is 11.8 Å². The van der Waals surface area contributed by atoms with Gasteiger partial charge in [-0.25, -0.2) is 9.18 Å². The average Bonchev–Trinajstić information content (AvgIpc) is 2.38. The molecule has 1 unspecified atom stereocenters. The Morgan fingerprint density at radius 1 is 1.29 bits per heavy atom. The van der Waals surface area contributed by atoms with Crippen molar-refractivity contribution < 1.29 is 23.9 Å². The van der Waals surface area contributed by atoms with E-state index in [-0.39, 0.29) is 18.0 Å². The van der Waals surface area contributed by atoms with Crippen molar-refractivity contribution >= 4 is 17.8 Å². The lowest BCUT2D eigenvalue weighted by molar-refractivity contribution is -0.147. The van der Waals surface area contributed by atoms with E-state index in [1.54, 1.807) is 0 Å². The van der Waals surface area contributed by atoms with Crippen LogP contribution in [0.4, 0.5) is 4.39 Å². The normalized spacial score (nSPS) is 13.1. The van der Waals surface area contributed by atoms with Gasteiger partial charge in [0.05, 0.1) is 6.54 Å². The maximum Gasteiger partial charge on any atom is 0.333 e. The average molecular weight is 296 g/mol. The number of hydrogen-bond acceptors (Lipinski definition) is 3. The van der Waals surface area contributed by atoms with Crippen LogP contribution in [0.2, 0.25) is 0 Å². The highest BCUT2D eigenvalue weighted by molar-refractivity contribution is 5.90. The number of amides is 2. The minimum Gasteiger partial charge on any atom is -0.479 e. The monoisotopic (exact) mass is 296 g/mol. The molecule has 1 rings (SSSR count). The van der Waals surface area contributed by atoms with Crippen LogP contribution in [-0.2, 0) is 19.9 Å². The number of nitrogens with one attached hydrogen (secondary N) is 1. The van der Waals surface area contributed by atoms with E-state index in [9.17, 15) is 23.9 Å². The fourth-order valence-corrected chi connectivity index (χ4v) is 1.68. The van der Waals surface area contributed by atoms with Crippen molar-refractivity contribution in [3.8, 4) is 0 Å². The zero-order chi connectivity index (χ0) is 16.2. The van der Waals surface area contributed by atoms with E-state index in [4.69, 9.17) is 0 Å². The Morgan fingerprint density at radius 2 is 1.81 bits per heavy atom. The van der Waals surface area contributed by atoms with E-state index in [2.05, 4.69) is 5.32 Å². The molecule has 0 saturated heterocycles. The molecule has 7 heteroatoms. The summed E-state index contributed by atoms with van der Waals surface area (Å²) in [6.07, 6.45) is 0. The van der Waals surface area contributed by atoms with Crippen LogP contribution in [0.5, 0.6) is 0 Å². The number of nitrogens with zero attached hydrogens (tertiary/aromatic N) is 1. The maximum absolute atomic E-state index is 12.9. The van der Waals surface area contributed by atoms with Gasteiger partial charge in [-0.05, 0) is 24.6 Å². The van der Waals surface area contributed by atoms with Gasteiger partial charge in [-0.15, -0.1) is 0 Å². The van der Waals surface area contributed by atoms with Crippen molar-refractivity contribution in [3.63, 3.8) is 0 Å². The summed E-state index contributed by atoms with van der Waals surface area (Å²) < 4.78 is 12.9. The Labute approximate surface area is 121 Å². The van der Waals surface area contributed by atoms with E-state index in [1.807, 2.05) is 0 Å². The summed E-state index contributed by atoms with van der Waals surface area (Å²) >= 11 is 0. The molecule has 1 aromatic carbocycles. The highest BCUT2D eigenvalue weighted by atomic mass is 19.1. The molecule has 6 nitrogen and oxygen atoms in total. The van der Waals surface area contributed by atoms with Crippen molar-refractivity contribution in [2.75, 3.05) is 13.6 Å². The highest BCUT2D eigenvalue weighted by Crippen LogP contribution is 2.21. The van der Waals surface area contributed by atoms with Gasteiger partial charge >= 0.3 is 5.97 Å². The minimum atomic E-state index is -1.71. The molecule has 0 aromatic heterocycles. The Kier molecular flexibility index (Phi) is 5.02. The zero-order valence-electron chi connectivity index (χ0n) is 12.0. The van der Waals surface area contributed by atoms with Crippen LogP contribution >= 0.6 is 0 Å². The van der Waals surface area contributed by atoms with E-state index in [0.717, 1.165) is 17.0 Å². The molecule has 1 aromatic rings. The third-order valence-electron chi connectivity index (χ3n) is 3.16. The number of benzene rings is 1. The summed E-state index contributed by atoms with van der Waals surface area (Å²) in [5, 5.41) is 11.7. The molecule has 0 fully saturated rings. The van der Waals surface area contributed by atoms with Gasteiger partial charge in [-0.1, -0.05) is 12.1 Å². The first-order chi connectivity index (χ1) is 9.66. The van der Waals surface area contributed by atoms with Crippen LogP contribution in [0.3, 0.4) is 0 Å². The molecule has 2 N–H and O–H groups in total. The number of hydrogen-bond donors (Lipinski definition) is 2. The lowest BCUT2D eigenvalue weighted by Gasteiger charge is -2.27. The van der Waals surface area contributed by atoms with Crippen molar-refractivity contribution in [3.05, 3.63) is 35.6 Å². The third-order valence-corrected chi connectivity index (χ3v) is 3.16. The summed E-state index contributed by atoms with van der Waals surface area (Å²) in [6, 6.07) is 4.81. The number of aliphatic carboxylic acids is 1. The van der Waals surface area contributed by atoms with Gasteiger partial charge in [0.15, 0.2) is 5.54 Å². The third kappa shape index (κ3) is 4.01. The molecule has 114 valence electrons. The first-order valence-corrected chi connectivity index (χ1v) is 6.19. The molecule has 0 radical (unpaired) electrons. The summed E-state index contributed by atoms with van der Waals surface area (Å²) in [4.78, 5) is 35.6. The van der Waals surface area contributed by atoms with Crippen molar-refractivity contribution in [1.82, 2.24) is 10.2 Å².